The van der Waals surface area contributed by atoms with Gasteiger partial charge in [0.2, 0.25) is 5.91 Å². The minimum atomic E-state index is -1.06. The van der Waals surface area contributed by atoms with Crippen molar-refractivity contribution in [3.63, 3.8) is 0 Å². The molecule has 2 rings (SSSR count). The van der Waals surface area contributed by atoms with E-state index in [4.69, 9.17) is 11.5 Å². The molecule has 7 heteroatoms. The summed E-state index contributed by atoms with van der Waals surface area (Å²) in [6, 6.07) is 1.39. The number of hydrogen-bond donors (Lipinski definition) is 3. The molecule has 5 nitrogen and oxygen atoms in total. The Morgan fingerprint density at radius 2 is 1.90 bits per heavy atom. The largest absolute Gasteiger partial charge is 0.366 e. The Balaban J connectivity index is 2.18. The molecule has 1 aromatic rings. The molecule has 1 aliphatic rings. The van der Waals surface area contributed by atoms with Crippen molar-refractivity contribution in [2.45, 2.75) is 25.3 Å². The Kier molecular flexibility index (Phi) is 3.99. The van der Waals surface area contributed by atoms with Crippen LogP contribution in [0.15, 0.2) is 12.1 Å². The number of benzene rings is 1. The molecule has 2 amide bonds. The van der Waals surface area contributed by atoms with E-state index < -0.39 is 23.1 Å². The van der Waals surface area contributed by atoms with Gasteiger partial charge in [-0.05, 0) is 25.3 Å². The van der Waals surface area contributed by atoms with Gasteiger partial charge in [-0.1, -0.05) is 0 Å². The number of halogens is 2. The van der Waals surface area contributed by atoms with Crippen LogP contribution in [0.1, 0.15) is 29.6 Å². The van der Waals surface area contributed by atoms with Gasteiger partial charge < -0.3 is 16.8 Å². The highest BCUT2D eigenvalue weighted by Crippen LogP contribution is 2.26. The lowest BCUT2D eigenvalue weighted by molar-refractivity contribution is -0.119. The molecule has 0 saturated heterocycles. The van der Waals surface area contributed by atoms with Gasteiger partial charge in [0.05, 0.1) is 11.3 Å². The van der Waals surface area contributed by atoms with Crippen LogP contribution >= 0.6 is 0 Å². The number of nitrogens with two attached hydrogens (primary N) is 2. The topological polar surface area (TPSA) is 98.2 Å². The van der Waals surface area contributed by atoms with Crippen molar-refractivity contribution in [1.82, 2.24) is 0 Å². The summed E-state index contributed by atoms with van der Waals surface area (Å²) in [7, 11) is 0. The van der Waals surface area contributed by atoms with Gasteiger partial charge in [0.25, 0.3) is 5.91 Å². The van der Waals surface area contributed by atoms with E-state index in [0.717, 1.165) is 12.5 Å². The molecule has 1 aromatic carbocycles. The number of hydrogen-bond acceptors (Lipinski definition) is 3. The Bertz CT molecular complexity index is 563. The number of carbonyl (C=O) groups excluding carboxylic acids is 2. The highest BCUT2D eigenvalue weighted by atomic mass is 19.1. The minimum absolute atomic E-state index is 0.0370. The average Bonchev–Trinajstić information content (AvgIpc) is 2.79. The van der Waals surface area contributed by atoms with E-state index in [-0.39, 0.29) is 23.6 Å². The summed E-state index contributed by atoms with van der Waals surface area (Å²) >= 11 is 0. The Labute approximate surface area is 114 Å². The SMILES string of the molecule is NC(=O)c1cc(NC(=O)C2CCC(N)C2)c(F)cc1F. The van der Waals surface area contributed by atoms with Gasteiger partial charge in [-0.25, -0.2) is 8.78 Å². The van der Waals surface area contributed by atoms with Crippen LogP contribution in [0.3, 0.4) is 0 Å². The first kappa shape index (κ1) is 14.4. The number of carbonyl (C=O) groups is 2. The number of amides is 2. The standard InChI is InChI=1S/C13H15F2N3O2/c14-9-5-10(15)11(4-8(9)12(17)19)18-13(20)6-1-2-7(16)3-6/h4-7H,1-3,16H2,(H2,17,19)(H,18,20). The summed E-state index contributed by atoms with van der Waals surface area (Å²) in [5, 5.41) is 2.35. The third-order valence-corrected chi connectivity index (χ3v) is 3.42. The van der Waals surface area contributed by atoms with Crippen molar-refractivity contribution in [3.05, 3.63) is 29.3 Å². The summed E-state index contributed by atoms with van der Waals surface area (Å²) in [5.41, 5.74) is 9.95. The van der Waals surface area contributed by atoms with E-state index in [2.05, 4.69) is 5.32 Å². The number of nitrogens with one attached hydrogen (secondary N) is 1. The van der Waals surface area contributed by atoms with Gasteiger partial charge in [-0.2, -0.15) is 0 Å². The highest BCUT2D eigenvalue weighted by molar-refractivity contribution is 5.97. The van der Waals surface area contributed by atoms with E-state index in [9.17, 15) is 18.4 Å². The van der Waals surface area contributed by atoms with Crippen molar-refractivity contribution in [3.8, 4) is 0 Å². The van der Waals surface area contributed by atoms with E-state index in [1.165, 1.54) is 0 Å². The third-order valence-electron chi connectivity index (χ3n) is 3.42. The maximum atomic E-state index is 13.6. The van der Waals surface area contributed by atoms with E-state index in [1.807, 2.05) is 0 Å². The molecule has 0 radical (unpaired) electrons. The lowest BCUT2D eigenvalue weighted by Crippen LogP contribution is -2.24. The van der Waals surface area contributed by atoms with Crippen LogP contribution in [-0.4, -0.2) is 17.9 Å². The van der Waals surface area contributed by atoms with Crippen LogP contribution in [-0.2, 0) is 4.79 Å². The van der Waals surface area contributed by atoms with Gasteiger partial charge in [0.1, 0.15) is 11.6 Å². The summed E-state index contributed by atoms with van der Waals surface area (Å²) in [4.78, 5) is 22.9. The molecule has 0 heterocycles. The molecule has 108 valence electrons. The molecule has 1 saturated carbocycles. The minimum Gasteiger partial charge on any atom is -0.366 e. The second-order valence-electron chi connectivity index (χ2n) is 4.94. The van der Waals surface area contributed by atoms with Crippen LogP contribution in [0.4, 0.5) is 14.5 Å². The van der Waals surface area contributed by atoms with Crippen molar-refractivity contribution in [2.24, 2.45) is 17.4 Å². The lowest BCUT2D eigenvalue weighted by Gasteiger charge is -2.12. The van der Waals surface area contributed by atoms with Crippen LogP contribution < -0.4 is 16.8 Å². The second-order valence-corrected chi connectivity index (χ2v) is 4.94. The second kappa shape index (κ2) is 5.54. The van der Waals surface area contributed by atoms with Crippen molar-refractivity contribution in [1.29, 1.82) is 0 Å². The molecule has 1 fully saturated rings. The van der Waals surface area contributed by atoms with Crippen LogP contribution in [0.25, 0.3) is 0 Å². The molecule has 1 aliphatic carbocycles. The van der Waals surface area contributed by atoms with Gasteiger partial charge >= 0.3 is 0 Å². The van der Waals surface area contributed by atoms with Gasteiger partial charge in [-0.3, -0.25) is 9.59 Å². The molecule has 0 spiro atoms. The van der Waals surface area contributed by atoms with E-state index in [0.29, 0.717) is 18.9 Å². The highest BCUT2D eigenvalue weighted by Gasteiger charge is 2.28. The van der Waals surface area contributed by atoms with Crippen LogP contribution in [0.5, 0.6) is 0 Å². The first-order valence-electron chi connectivity index (χ1n) is 6.23. The first-order chi connectivity index (χ1) is 9.38. The zero-order valence-electron chi connectivity index (χ0n) is 10.7. The molecule has 2 atom stereocenters. The fourth-order valence-corrected chi connectivity index (χ4v) is 2.32. The maximum absolute atomic E-state index is 13.6. The Morgan fingerprint density at radius 1 is 1.20 bits per heavy atom. The third kappa shape index (κ3) is 2.93. The molecule has 2 unspecified atom stereocenters. The molecular weight excluding hydrogens is 268 g/mol. The fraction of sp³-hybridized carbons (Fsp3) is 0.385. The Hall–Kier alpha value is -2.02. The predicted octanol–water partition coefficient (Wildman–Crippen LogP) is 1.13. The summed E-state index contributed by atoms with van der Waals surface area (Å²) in [6.45, 7) is 0. The normalized spacial score (nSPS) is 21.8. The number of rotatable bonds is 3. The van der Waals surface area contributed by atoms with Gasteiger partial charge in [0, 0.05) is 18.0 Å². The van der Waals surface area contributed by atoms with E-state index in [1.54, 1.807) is 0 Å². The Morgan fingerprint density at radius 3 is 2.45 bits per heavy atom. The maximum Gasteiger partial charge on any atom is 0.251 e. The quantitative estimate of drug-likeness (QED) is 0.775. The van der Waals surface area contributed by atoms with Crippen molar-refractivity contribution >= 4 is 17.5 Å². The smallest absolute Gasteiger partial charge is 0.251 e. The molecule has 5 N–H and O–H groups in total. The van der Waals surface area contributed by atoms with Gasteiger partial charge in [0.15, 0.2) is 0 Å². The summed E-state index contributed by atoms with van der Waals surface area (Å²) < 4.78 is 26.9. The van der Waals surface area contributed by atoms with Crippen LogP contribution in [0.2, 0.25) is 0 Å². The van der Waals surface area contributed by atoms with Crippen molar-refractivity contribution < 1.29 is 18.4 Å². The summed E-state index contributed by atoms with van der Waals surface area (Å²) in [6.07, 6.45) is 1.88. The van der Waals surface area contributed by atoms with Crippen LogP contribution in [0, 0.1) is 17.6 Å². The zero-order chi connectivity index (χ0) is 14.9. The first-order valence-corrected chi connectivity index (χ1v) is 6.23. The van der Waals surface area contributed by atoms with Gasteiger partial charge in [-0.15, -0.1) is 0 Å². The fourth-order valence-electron chi connectivity index (χ4n) is 2.32. The number of anilines is 1. The molecule has 0 aliphatic heterocycles. The molecule has 0 bridgehead atoms. The summed E-state index contributed by atoms with van der Waals surface area (Å²) in [5.74, 6) is -3.73. The number of primary amides is 1. The molecule has 0 aromatic heterocycles. The lowest BCUT2D eigenvalue weighted by atomic mass is 10.1. The average molecular weight is 283 g/mol. The zero-order valence-corrected chi connectivity index (χ0v) is 10.7. The van der Waals surface area contributed by atoms with E-state index >= 15 is 0 Å². The van der Waals surface area contributed by atoms with Crippen molar-refractivity contribution in [2.75, 3.05) is 5.32 Å². The predicted molar refractivity (Wildman–Crippen MR) is 68.8 cm³/mol. The molecule has 20 heavy (non-hydrogen) atoms. The molecular formula is C13H15F2N3O2. The monoisotopic (exact) mass is 283 g/mol.